The number of rotatable bonds is 3. The van der Waals surface area contributed by atoms with Gasteiger partial charge in [0, 0.05) is 0 Å². The van der Waals surface area contributed by atoms with Gasteiger partial charge in [-0.2, -0.15) is 0 Å². The molecule has 0 radical (unpaired) electrons. The second-order valence-electron chi connectivity index (χ2n) is 2.96. The van der Waals surface area contributed by atoms with Crippen LogP contribution in [-0.4, -0.2) is 0 Å². The highest BCUT2D eigenvalue weighted by Crippen LogP contribution is 2.10. The van der Waals surface area contributed by atoms with E-state index < -0.39 is 0 Å². The van der Waals surface area contributed by atoms with Gasteiger partial charge in [-0.05, 0) is 32.8 Å². The summed E-state index contributed by atoms with van der Waals surface area (Å²) in [6.07, 6.45) is 5.18. The highest BCUT2D eigenvalue weighted by molar-refractivity contribution is 5.29. The molecule has 0 bridgehead atoms. The molecule has 0 nitrogen and oxygen atoms in total. The van der Waals surface area contributed by atoms with Gasteiger partial charge in [-0.15, -0.1) is 0 Å². The van der Waals surface area contributed by atoms with Crippen molar-refractivity contribution >= 4 is 0 Å². The van der Waals surface area contributed by atoms with Crippen LogP contribution >= 0.6 is 0 Å². The van der Waals surface area contributed by atoms with E-state index in [4.69, 9.17) is 0 Å². The van der Waals surface area contributed by atoms with Gasteiger partial charge in [0.15, 0.2) is 0 Å². The summed E-state index contributed by atoms with van der Waals surface area (Å²) in [6, 6.07) is 0. The maximum absolute atomic E-state index is 3.75. The molecule has 0 aromatic carbocycles. The van der Waals surface area contributed by atoms with Gasteiger partial charge in [0.05, 0.1) is 0 Å². The number of hydrogen-bond donors (Lipinski definition) is 0. The highest BCUT2D eigenvalue weighted by atomic mass is 14.0. The molecule has 0 unspecified atom stereocenters. The fraction of sp³-hybridized carbons (Fsp3) is 0.538. The standard InChI is InChI=1S/C11H18.C2H6/c1-6-11(7-2)8-10(5)9(3)4;1-2/h6,8H,1,7H2,2-5H3;1-2H3/b11-8+;. The lowest BCUT2D eigenvalue weighted by Crippen LogP contribution is -1.78. The van der Waals surface area contributed by atoms with Crippen LogP contribution in [0, 0.1) is 0 Å². The van der Waals surface area contributed by atoms with Gasteiger partial charge in [-0.25, -0.2) is 0 Å². The van der Waals surface area contributed by atoms with E-state index in [1.54, 1.807) is 0 Å². The Morgan fingerprint density at radius 2 is 1.62 bits per heavy atom. The summed E-state index contributed by atoms with van der Waals surface area (Å²) in [5, 5.41) is 0. The lowest BCUT2D eigenvalue weighted by Gasteiger charge is -1.99. The molecule has 0 spiro atoms. The molecule has 0 aromatic heterocycles. The van der Waals surface area contributed by atoms with Crippen LogP contribution in [0.2, 0.25) is 0 Å². The Balaban J connectivity index is 0. The molecule has 0 saturated heterocycles. The first-order valence-corrected chi connectivity index (χ1v) is 5.08. The fourth-order valence-electron chi connectivity index (χ4n) is 0.728. The van der Waals surface area contributed by atoms with E-state index in [9.17, 15) is 0 Å². The van der Waals surface area contributed by atoms with Gasteiger partial charge < -0.3 is 0 Å². The quantitative estimate of drug-likeness (QED) is 0.542. The van der Waals surface area contributed by atoms with Crippen LogP contribution in [0.25, 0.3) is 0 Å². The van der Waals surface area contributed by atoms with Crippen molar-refractivity contribution in [2.45, 2.75) is 48.0 Å². The number of allylic oxidation sites excluding steroid dienone is 5. The van der Waals surface area contributed by atoms with E-state index in [0.29, 0.717) is 0 Å². The molecule has 0 aliphatic heterocycles. The van der Waals surface area contributed by atoms with Gasteiger partial charge in [-0.1, -0.05) is 50.6 Å². The predicted octanol–water partition coefficient (Wildman–Crippen LogP) is 4.89. The van der Waals surface area contributed by atoms with Crippen LogP contribution in [0.3, 0.4) is 0 Å². The molecule has 0 aliphatic rings. The molecule has 0 atom stereocenters. The normalized spacial score (nSPS) is 9.85. The van der Waals surface area contributed by atoms with Crippen molar-refractivity contribution in [3.05, 3.63) is 35.5 Å². The first-order chi connectivity index (χ1) is 6.11. The monoisotopic (exact) mass is 180 g/mol. The van der Waals surface area contributed by atoms with Crippen LogP contribution in [0.4, 0.5) is 0 Å². The molecule has 0 fully saturated rings. The molecule has 0 amide bonds. The molecular formula is C13H24. The van der Waals surface area contributed by atoms with Crippen molar-refractivity contribution in [3.8, 4) is 0 Å². The molecule has 0 rings (SSSR count). The molecule has 0 saturated carbocycles. The Labute approximate surface area is 84.1 Å². The van der Waals surface area contributed by atoms with Gasteiger partial charge in [-0.3, -0.25) is 0 Å². The minimum Gasteiger partial charge on any atom is -0.0988 e. The average molecular weight is 180 g/mol. The zero-order valence-electron chi connectivity index (χ0n) is 10.1. The highest BCUT2D eigenvalue weighted by Gasteiger charge is 1.89. The Kier molecular flexibility index (Phi) is 10.5. The second kappa shape index (κ2) is 9.31. The van der Waals surface area contributed by atoms with Crippen molar-refractivity contribution in [1.82, 2.24) is 0 Å². The molecule has 13 heavy (non-hydrogen) atoms. The second-order valence-corrected chi connectivity index (χ2v) is 2.96. The third kappa shape index (κ3) is 7.58. The molecule has 0 N–H and O–H groups in total. The fourth-order valence-corrected chi connectivity index (χ4v) is 0.728. The topological polar surface area (TPSA) is 0 Å². The van der Waals surface area contributed by atoms with E-state index in [0.717, 1.165) is 6.42 Å². The minimum absolute atomic E-state index is 1.06. The Hall–Kier alpha value is -0.780. The van der Waals surface area contributed by atoms with Crippen molar-refractivity contribution in [1.29, 1.82) is 0 Å². The number of hydrogen-bond acceptors (Lipinski definition) is 0. The van der Waals surface area contributed by atoms with Crippen LogP contribution in [0.1, 0.15) is 48.0 Å². The smallest absolute Gasteiger partial charge is 0.0308 e. The van der Waals surface area contributed by atoms with E-state index >= 15 is 0 Å². The summed E-state index contributed by atoms with van der Waals surface area (Å²) in [5.74, 6) is 0. The predicted molar refractivity (Wildman–Crippen MR) is 64.0 cm³/mol. The van der Waals surface area contributed by atoms with Crippen molar-refractivity contribution in [2.75, 3.05) is 0 Å². The van der Waals surface area contributed by atoms with Gasteiger partial charge >= 0.3 is 0 Å². The summed E-state index contributed by atoms with van der Waals surface area (Å²) >= 11 is 0. The summed E-state index contributed by atoms with van der Waals surface area (Å²) in [6.45, 7) is 16.3. The van der Waals surface area contributed by atoms with E-state index in [-0.39, 0.29) is 0 Å². The van der Waals surface area contributed by atoms with Crippen LogP contribution in [-0.2, 0) is 0 Å². The summed E-state index contributed by atoms with van der Waals surface area (Å²) in [7, 11) is 0. The zero-order valence-corrected chi connectivity index (χ0v) is 10.1. The lowest BCUT2D eigenvalue weighted by atomic mass is 10.1. The lowest BCUT2D eigenvalue weighted by molar-refractivity contribution is 1.14. The molecule has 0 aliphatic carbocycles. The minimum atomic E-state index is 1.06. The third-order valence-electron chi connectivity index (χ3n) is 1.86. The SMILES string of the molecule is C=C/C(=C\C(C)=C(C)C)CC.CC. The largest absolute Gasteiger partial charge is 0.0988 e. The molecule has 0 heterocycles. The first-order valence-electron chi connectivity index (χ1n) is 5.08. The summed E-state index contributed by atoms with van der Waals surface area (Å²) < 4.78 is 0. The van der Waals surface area contributed by atoms with Crippen molar-refractivity contribution in [3.63, 3.8) is 0 Å². The maximum Gasteiger partial charge on any atom is -0.0308 e. The molecule has 0 heteroatoms. The Morgan fingerprint density at radius 1 is 1.15 bits per heavy atom. The van der Waals surface area contributed by atoms with Crippen molar-refractivity contribution < 1.29 is 0 Å². The van der Waals surface area contributed by atoms with E-state index in [2.05, 4.69) is 40.3 Å². The van der Waals surface area contributed by atoms with E-state index in [1.807, 2.05) is 19.9 Å². The van der Waals surface area contributed by atoms with Crippen LogP contribution in [0.15, 0.2) is 35.5 Å². The molecule has 0 aromatic rings. The summed E-state index contributed by atoms with van der Waals surface area (Å²) in [4.78, 5) is 0. The van der Waals surface area contributed by atoms with Gasteiger partial charge in [0.25, 0.3) is 0 Å². The van der Waals surface area contributed by atoms with Gasteiger partial charge in [0.2, 0.25) is 0 Å². The first kappa shape index (κ1) is 14.7. The van der Waals surface area contributed by atoms with Gasteiger partial charge in [0.1, 0.15) is 0 Å². The van der Waals surface area contributed by atoms with Crippen LogP contribution in [0.5, 0.6) is 0 Å². The molecular weight excluding hydrogens is 156 g/mol. The Bertz CT molecular complexity index is 188. The zero-order chi connectivity index (χ0) is 10.9. The maximum atomic E-state index is 3.75. The Morgan fingerprint density at radius 3 is 1.85 bits per heavy atom. The summed E-state index contributed by atoms with van der Waals surface area (Å²) in [5.41, 5.74) is 4.03. The van der Waals surface area contributed by atoms with Crippen molar-refractivity contribution in [2.24, 2.45) is 0 Å². The molecule has 76 valence electrons. The third-order valence-corrected chi connectivity index (χ3v) is 1.86. The average Bonchev–Trinajstić information content (AvgIpc) is 2.16. The van der Waals surface area contributed by atoms with E-state index in [1.165, 1.54) is 16.7 Å². The van der Waals surface area contributed by atoms with Crippen LogP contribution < -0.4 is 0 Å².